The Bertz CT molecular complexity index is 983. The van der Waals surface area contributed by atoms with E-state index in [-0.39, 0.29) is 12.5 Å². The molecule has 1 aromatic heterocycles. The van der Waals surface area contributed by atoms with E-state index in [4.69, 9.17) is 4.74 Å². The highest BCUT2D eigenvalue weighted by Crippen LogP contribution is 2.20. The van der Waals surface area contributed by atoms with E-state index < -0.39 is 12.1 Å². The topological polar surface area (TPSA) is 74.4 Å². The third-order valence-electron chi connectivity index (χ3n) is 5.36. The fourth-order valence-corrected chi connectivity index (χ4v) is 3.84. The zero-order chi connectivity index (χ0) is 20.1. The van der Waals surface area contributed by atoms with Crippen molar-refractivity contribution in [3.05, 3.63) is 71.9 Å². The Labute approximate surface area is 169 Å². The lowest BCUT2D eigenvalue weighted by molar-refractivity contribution is -0.125. The Balaban J connectivity index is 1.28. The second-order valence-corrected chi connectivity index (χ2v) is 7.29. The lowest BCUT2D eigenvalue weighted by atomic mass is 10.1. The van der Waals surface area contributed by atoms with Gasteiger partial charge in [-0.25, -0.2) is 4.79 Å². The third-order valence-corrected chi connectivity index (χ3v) is 5.36. The number of amides is 2. The molecule has 6 nitrogen and oxygen atoms in total. The number of para-hydroxylation sites is 1. The minimum absolute atomic E-state index is 0.112. The molecule has 0 bridgehead atoms. The first-order valence-corrected chi connectivity index (χ1v) is 10.0. The summed E-state index contributed by atoms with van der Waals surface area (Å²) in [6.45, 7) is 1.29. The summed E-state index contributed by atoms with van der Waals surface area (Å²) in [4.78, 5) is 29.9. The van der Waals surface area contributed by atoms with Crippen LogP contribution in [-0.2, 0) is 22.6 Å². The molecule has 1 aliphatic heterocycles. The summed E-state index contributed by atoms with van der Waals surface area (Å²) in [5.41, 5.74) is 3.20. The molecule has 4 rings (SSSR count). The van der Waals surface area contributed by atoms with E-state index in [1.165, 1.54) is 10.9 Å². The van der Waals surface area contributed by atoms with Crippen LogP contribution in [0.15, 0.2) is 60.8 Å². The van der Waals surface area contributed by atoms with Gasteiger partial charge >= 0.3 is 6.09 Å². The predicted molar refractivity (Wildman–Crippen MR) is 111 cm³/mol. The molecule has 0 aliphatic carbocycles. The van der Waals surface area contributed by atoms with Crippen LogP contribution < -0.4 is 5.32 Å². The maximum atomic E-state index is 12.7. The molecule has 0 unspecified atom stereocenters. The standard InChI is InChI=1S/C23H25N3O3/c27-22(24-13-12-18-15-25-20-10-5-4-9-19(18)20)21-11-6-14-26(21)23(28)29-16-17-7-2-1-3-8-17/h1-5,7-10,15,21,25H,6,11-14,16H2,(H,24,27)/t21-/m0/s1. The number of nitrogens with zero attached hydrogens (tertiary/aromatic N) is 1. The van der Waals surface area contributed by atoms with E-state index in [1.54, 1.807) is 4.90 Å². The number of aromatic nitrogens is 1. The van der Waals surface area contributed by atoms with Crippen LogP contribution in [0.4, 0.5) is 4.79 Å². The largest absolute Gasteiger partial charge is 0.445 e. The first kappa shape index (κ1) is 19.1. The molecule has 1 saturated heterocycles. The summed E-state index contributed by atoms with van der Waals surface area (Å²) in [5, 5.41) is 4.16. The van der Waals surface area contributed by atoms with Gasteiger partial charge in [0, 0.05) is 30.2 Å². The average molecular weight is 391 g/mol. The number of benzene rings is 2. The monoisotopic (exact) mass is 391 g/mol. The smallest absolute Gasteiger partial charge is 0.410 e. The van der Waals surface area contributed by atoms with Crippen LogP contribution in [0.5, 0.6) is 0 Å². The number of hydrogen-bond acceptors (Lipinski definition) is 3. The van der Waals surface area contributed by atoms with Crippen LogP contribution in [0.2, 0.25) is 0 Å². The first-order chi connectivity index (χ1) is 14.2. The molecule has 2 N–H and O–H groups in total. The quantitative estimate of drug-likeness (QED) is 0.674. The van der Waals surface area contributed by atoms with E-state index in [2.05, 4.69) is 16.4 Å². The highest BCUT2D eigenvalue weighted by atomic mass is 16.6. The molecular formula is C23H25N3O3. The lowest BCUT2D eigenvalue weighted by Crippen LogP contribution is -2.46. The Kier molecular flexibility index (Phi) is 5.79. The van der Waals surface area contributed by atoms with Crippen molar-refractivity contribution < 1.29 is 14.3 Å². The highest BCUT2D eigenvalue weighted by Gasteiger charge is 2.34. The fourth-order valence-electron chi connectivity index (χ4n) is 3.84. The van der Waals surface area contributed by atoms with Gasteiger partial charge in [0.25, 0.3) is 0 Å². The number of rotatable bonds is 6. The fraction of sp³-hybridized carbons (Fsp3) is 0.304. The lowest BCUT2D eigenvalue weighted by Gasteiger charge is -2.23. The number of carbonyl (C=O) groups is 2. The van der Waals surface area contributed by atoms with Gasteiger partial charge in [-0.05, 0) is 36.5 Å². The maximum absolute atomic E-state index is 12.7. The van der Waals surface area contributed by atoms with Gasteiger partial charge in [0.1, 0.15) is 12.6 Å². The van der Waals surface area contributed by atoms with Crippen molar-refractivity contribution in [2.75, 3.05) is 13.1 Å². The molecule has 1 atom stereocenters. The van der Waals surface area contributed by atoms with E-state index in [9.17, 15) is 9.59 Å². The van der Waals surface area contributed by atoms with Crippen molar-refractivity contribution in [1.29, 1.82) is 0 Å². The van der Waals surface area contributed by atoms with Gasteiger partial charge in [0.2, 0.25) is 5.91 Å². The van der Waals surface area contributed by atoms with Crippen LogP contribution in [-0.4, -0.2) is 41.0 Å². The molecule has 6 heteroatoms. The normalized spacial score (nSPS) is 16.1. The van der Waals surface area contributed by atoms with Gasteiger partial charge in [0.05, 0.1) is 0 Å². The number of H-pyrrole nitrogens is 1. The molecule has 29 heavy (non-hydrogen) atoms. The van der Waals surface area contributed by atoms with Crippen molar-refractivity contribution >= 4 is 22.9 Å². The average Bonchev–Trinajstić information content (AvgIpc) is 3.40. The van der Waals surface area contributed by atoms with Crippen LogP contribution in [0.1, 0.15) is 24.0 Å². The number of aromatic amines is 1. The minimum Gasteiger partial charge on any atom is -0.445 e. The Morgan fingerprint density at radius 1 is 1.10 bits per heavy atom. The summed E-state index contributed by atoms with van der Waals surface area (Å²) < 4.78 is 5.41. The summed E-state index contributed by atoms with van der Waals surface area (Å²) in [7, 11) is 0. The van der Waals surface area contributed by atoms with Crippen LogP contribution in [0, 0.1) is 0 Å². The van der Waals surface area contributed by atoms with Gasteiger partial charge in [-0.2, -0.15) is 0 Å². The van der Waals surface area contributed by atoms with Gasteiger partial charge in [-0.15, -0.1) is 0 Å². The molecule has 0 spiro atoms. The first-order valence-electron chi connectivity index (χ1n) is 10.0. The van der Waals surface area contributed by atoms with E-state index in [1.807, 2.05) is 54.7 Å². The number of ether oxygens (including phenoxy) is 1. The summed E-state index contributed by atoms with van der Waals surface area (Å²) in [5.74, 6) is -0.112. The van der Waals surface area contributed by atoms with Crippen molar-refractivity contribution in [1.82, 2.24) is 15.2 Å². The van der Waals surface area contributed by atoms with E-state index in [0.29, 0.717) is 19.5 Å². The maximum Gasteiger partial charge on any atom is 0.410 e. The molecule has 3 aromatic rings. The van der Waals surface area contributed by atoms with E-state index in [0.717, 1.165) is 23.9 Å². The summed E-state index contributed by atoms with van der Waals surface area (Å²) in [6.07, 6.45) is 3.77. The van der Waals surface area contributed by atoms with Crippen molar-refractivity contribution in [2.24, 2.45) is 0 Å². The van der Waals surface area contributed by atoms with E-state index >= 15 is 0 Å². The molecule has 2 amide bonds. The van der Waals surface area contributed by atoms with Crippen molar-refractivity contribution in [3.8, 4) is 0 Å². The van der Waals surface area contributed by atoms with Crippen molar-refractivity contribution in [3.63, 3.8) is 0 Å². The van der Waals surface area contributed by atoms with Gasteiger partial charge in [-0.1, -0.05) is 48.5 Å². The number of likely N-dealkylation sites (tertiary alicyclic amines) is 1. The molecule has 0 saturated carbocycles. The predicted octanol–water partition coefficient (Wildman–Crippen LogP) is 3.63. The van der Waals surface area contributed by atoms with Crippen molar-refractivity contribution in [2.45, 2.75) is 31.9 Å². The van der Waals surface area contributed by atoms with Gasteiger partial charge in [-0.3, -0.25) is 9.69 Å². The molecule has 2 heterocycles. The Hall–Kier alpha value is -3.28. The van der Waals surface area contributed by atoms with Gasteiger partial charge in [0.15, 0.2) is 0 Å². The minimum atomic E-state index is -0.457. The molecule has 1 aliphatic rings. The molecule has 1 fully saturated rings. The molecule has 2 aromatic carbocycles. The van der Waals surface area contributed by atoms with Crippen LogP contribution in [0.25, 0.3) is 10.9 Å². The second-order valence-electron chi connectivity index (χ2n) is 7.29. The SMILES string of the molecule is O=C(NCCc1c[nH]c2ccccc12)[C@@H]1CCCN1C(=O)OCc1ccccc1. The summed E-state index contributed by atoms with van der Waals surface area (Å²) >= 11 is 0. The number of carbonyl (C=O) groups excluding carboxylic acids is 2. The highest BCUT2D eigenvalue weighted by molar-refractivity contribution is 5.86. The van der Waals surface area contributed by atoms with Crippen LogP contribution in [0.3, 0.4) is 0 Å². The molecule has 0 radical (unpaired) electrons. The number of fused-ring (bicyclic) bond motifs is 1. The Morgan fingerprint density at radius 3 is 2.76 bits per heavy atom. The third kappa shape index (κ3) is 4.42. The zero-order valence-electron chi connectivity index (χ0n) is 16.3. The van der Waals surface area contributed by atoms with Gasteiger partial charge < -0.3 is 15.0 Å². The molecule has 150 valence electrons. The number of hydrogen-bond donors (Lipinski definition) is 2. The summed E-state index contributed by atoms with van der Waals surface area (Å²) in [6, 6.07) is 17.2. The zero-order valence-corrected chi connectivity index (χ0v) is 16.3. The number of nitrogens with one attached hydrogen (secondary N) is 2. The van der Waals surface area contributed by atoms with Crippen LogP contribution >= 0.6 is 0 Å². The Morgan fingerprint density at radius 2 is 1.90 bits per heavy atom. The molecular weight excluding hydrogens is 366 g/mol. The second kappa shape index (κ2) is 8.82.